The summed E-state index contributed by atoms with van der Waals surface area (Å²) < 4.78 is 0. The molecule has 1 aromatic carbocycles. The molecule has 1 aliphatic carbocycles. The molecule has 23 heavy (non-hydrogen) atoms. The highest BCUT2D eigenvalue weighted by atomic mass is 16.3. The minimum absolute atomic E-state index is 0.159. The Morgan fingerprint density at radius 3 is 3.09 bits per heavy atom. The van der Waals surface area contributed by atoms with Crippen LogP contribution >= 0.6 is 0 Å². The van der Waals surface area contributed by atoms with Gasteiger partial charge in [0.05, 0.1) is 0 Å². The maximum Gasteiger partial charge on any atom is 0.222 e. The van der Waals surface area contributed by atoms with Crippen molar-refractivity contribution in [2.75, 3.05) is 25.0 Å². The number of aliphatic hydroxyl groups excluding tert-OH is 1. The molecule has 122 valence electrons. The quantitative estimate of drug-likeness (QED) is 0.882. The first-order chi connectivity index (χ1) is 11.2. The van der Waals surface area contributed by atoms with Crippen molar-refractivity contribution < 1.29 is 9.90 Å². The third-order valence-corrected chi connectivity index (χ3v) is 5.68. The minimum atomic E-state index is 0.159. The van der Waals surface area contributed by atoms with Gasteiger partial charge in [-0.3, -0.25) is 4.79 Å². The number of aliphatic hydroxyl groups is 1. The van der Waals surface area contributed by atoms with Gasteiger partial charge in [0.2, 0.25) is 5.91 Å². The van der Waals surface area contributed by atoms with Crippen molar-refractivity contribution in [3.8, 4) is 0 Å². The van der Waals surface area contributed by atoms with Crippen molar-refractivity contribution in [3.05, 3.63) is 35.4 Å². The summed E-state index contributed by atoms with van der Waals surface area (Å²) in [5.41, 5.74) is 5.30. The molecule has 3 atom stereocenters. The first-order valence-corrected chi connectivity index (χ1v) is 8.69. The number of nitrogens with zero attached hydrogens (tertiary/aromatic N) is 1. The van der Waals surface area contributed by atoms with Gasteiger partial charge < -0.3 is 15.3 Å². The Morgan fingerprint density at radius 2 is 2.30 bits per heavy atom. The summed E-state index contributed by atoms with van der Waals surface area (Å²) in [5, 5.41) is 13.2. The lowest BCUT2D eigenvalue weighted by molar-refractivity contribution is -0.136. The molecule has 1 unspecified atom stereocenters. The highest BCUT2D eigenvalue weighted by Gasteiger charge is 2.43. The molecule has 0 aromatic heterocycles. The summed E-state index contributed by atoms with van der Waals surface area (Å²) in [5.74, 6) is 0.736. The lowest BCUT2D eigenvalue weighted by atomic mass is 9.69. The Bertz CT molecular complexity index is 667. The van der Waals surface area contributed by atoms with Crippen LogP contribution in [0.25, 0.3) is 5.57 Å². The van der Waals surface area contributed by atoms with E-state index in [9.17, 15) is 9.90 Å². The number of hydrogen-bond acceptors (Lipinski definition) is 3. The zero-order chi connectivity index (χ0) is 16.0. The van der Waals surface area contributed by atoms with E-state index in [4.69, 9.17) is 0 Å². The Kier molecular flexibility index (Phi) is 3.64. The summed E-state index contributed by atoms with van der Waals surface area (Å²) in [6.07, 6.45) is 4.72. The lowest BCUT2D eigenvalue weighted by Crippen LogP contribution is -2.52. The average molecular weight is 312 g/mol. The Balaban J connectivity index is 1.80. The molecule has 2 heterocycles. The van der Waals surface area contributed by atoms with Gasteiger partial charge in [-0.25, -0.2) is 0 Å². The van der Waals surface area contributed by atoms with Crippen molar-refractivity contribution >= 4 is 17.2 Å². The highest BCUT2D eigenvalue weighted by molar-refractivity contribution is 5.85. The second kappa shape index (κ2) is 5.68. The van der Waals surface area contributed by atoms with E-state index in [0.29, 0.717) is 18.9 Å². The Morgan fingerprint density at radius 1 is 1.43 bits per heavy atom. The molecular weight excluding hydrogens is 288 g/mol. The maximum absolute atomic E-state index is 12.5. The van der Waals surface area contributed by atoms with Crippen molar-refractivity contribution in [2.45, 2.75) is 38.1 Å². The van der Waals surface area contributed by atoms with Gasteiger partial charge in [0.1, 0.15) is 0 Å². The first kappa shape index (κ1) is 14.8. The molecule has 1 amide bonds. The largest absolute Gasteiger partial charge is 0.396 e. The number of benzene rings is 1. The van der Waals surface area contributed by atoms with Crippen LogP contribution in [-0.2, 0) is 4.79 Å². The van der Waals surface area contributed by atoms with Crippen LogP contribution < -0.4 is 5.32 Å². The normalized spacial score (nSPS) is 28.3. The summed E-state index contributed by atoms with van der Waals surface area (Å²) in [6.45, 7) is 3.65. The first-order valence-electron chi connectivity index (χ1n) is 8.69. The molecule has 3 aliphatic rings. The van der Waals surface area contributed by atoms with Gasteiger partial charge in [0, 0.05) is 55.2 Å². The fourth-order valence-electron chi connectivity index (χ4n) is 4.61. The zero-order valence-corrected chi connectivity index (χ0v) is 13.6. The van der Waals surface area contributed by atoms with Crippen LogP contribution in [0.5, 0.6) is 0 Å². The van der Waals surface area contributed by atoms with Crippen LogP contribution in [0.1, 0.15) is 43.2 Å². The third kappa shape index (κ3) is 2.27. The second-order valence-corrected chi connectivity index (χ2v) is 6.94. The van der Waals surface area contributed by atoms with E-state index in [0.717, 1.165) is 19.4 Å². The van der Waals surface area contributed by atoms with Crippen LogP contribution in [0, 0.1) is 5.92 Å². The summed E-state index contributed by atoms with van der Waals surface area (Å²) in [7, 11) is 0. The van der Waals surface area contributed by atoms with Gasteiger partial charge in [-0.05, 0) is 30.0 Å². The van der Waals surface area contributed by atoms with E-state index < -0.39 is 0 Å². The number of anilines is 1. The van der Waals surface area contributed by atoms with Gasteiger partial charge in [-0.2, -0.15) is 0 Å². The average Bonchev–Trinajstić information content (AvgIpc) is 2.61. The molecule has 4 nitrogen and oxygen atoms in total. The van der Waals surface area contributed by atoms with Crippen molar-refractivity contribution in [1.29, 1.82) is 0 Å². The number of hydrogen-bond donors (Lipinski definition) is 2. The molecule has 4 rings (SSSR count). The molecule has 1 saturated heterocycles. The Hall–Kier alpha value is -1.81. The fraction of sp³-hybridized carbons (Fsp3) is 0.526. The third-order valence-electron chi connectivity index (χ3n) is 5.68. The lowest BCUT2D eigenvalue weighted by Gasteiger charge is -2.49. The van der Waals surface area contributed by atoms with Gasteiger partial charge in [0.15, 0.2) is 0 Å². The fourth-order valence-corrected chi connectivity index (χ4v) is 4.61. The summed E-state index contributed by atoms with van der Waals surface area (Å²) >= 11 is 0. The van der Waals surface area contributed by atoms with E-state index in [-0.39, 0.29) is 24.5 Å². The zero-order valence-electron chi connectivity index (χ0n) is 13.6. The van der Waals surface area contributed by atoms with Crippen LogP contribution in [0.15, 0.2) is 24.3 Å². The number of carbonyl (C=O) groups excluding carboxylic acids is 1. The number of nitrogens with one attached hydrogen (secondary N) is 1. The molecule has 0 saturated carbocycles. The topological polar surface area (TPSA) is 52.6 Å². The van der Waals surface area contributed by atoms with Crippen LogP contribution in [0.3, 0.4) is 0 Å². The number of carbonyl (C=O) groups is 1. The summed E-state index contributed by atoms with van der Waals surface area (Å²) in [4.78, 5) is 14.5. The number of amides is 1. The van der Waals surface area contributed by atoms with Gasteiger partial charge in [-0.1, -0.05) is 25.1 Å². The number of piperidine rings is 1. The number of rotatable bonds is 2. The molecule has 0 spiro atoms. The van der Waals surface area contributed by atoms with Crippen LogP contribution in [-0.4, -0.2) is 41.7 Å². The van der Waals surface area contributed by atoms with E-state index in [2.05, 4.69) is 29.6 Å². The molecule has 0 radical (unpaired) electrons. The van der Waals surface area contributed by atoms with Gasteiger partial charge in [-0.15, -0.1) is 0 Å². The maximum atomic E-state index is 12.5. The van der Waals surface area contributed by atoms with E-state index in [1.807, 2.05) is 11.8 Å². The number of fused-ring (bicyclic) bond motifs is 2. The van der Waals surface area contributed by atoms with E-state index in [1.54, 1.807) is 0 Å². The molecule has 1 fully saturated rings. The highest BCUT2D eigenvalue weighted by Crippen LogP contribution is 2.49. The second-order valence-electron chi connectivity index (χ2n) is 6.94. The molecule has 2 N–H and O–H groups in total. The van der Waals surface area contributed by atoms with Gasteiger partial charge >= 0.3 is 0 Å². The van der Waals surface area contributed by atoms with Crippen molar-refractivity contribution in [1.82, 2.24) is 4.90 Å². The molecular formula is C19H24N2O2. The molecule has 0 bridgehead atoms. The smallest absolute Gasteiger partial charge is 0.222 e. The predicted molar refractivity (Wildman–Crippen MR) is 91.3 cm³/mol. The molecule has 2 aliphatic heterocycles. The van der Waals surface area contributed by atoms with Crippen LogP contribution in [0.2, 0.25) is 0 Å². The van der Waals surface area contributed by atoms with E-state index >= 15 is 0 Å². The van der Waals surface area contributed by atoms with Crippen molar-refractivity contribution in [3.63, 3.8) is 0 Å². The SMILES string of the molecule is CCC(=O)N1C[C@H](CO)CC2c3cccc4c3C(=CCN4)C[C@H]21. The molecule has 4 heteroatoms. The predicted octanol–water partition coefficient (Wildman–Crippen LogP) is 2.60. The van der Waals surface area contributed by atoms with Gasteiger partial charge in [0.25, 0.3) is 0 Å². The Labute approximate surface area is 137 Å². The van der Waals surface area contributed by atoms with E-state index in [1.165, 1.54) is 22.4 Å². The minimum Gasteiger partial charge on any atom is -0.396 e. The summed E-state index contributed by atoms with van der Waals surface area (Å²) in [6, 6.07) is 6.72. The number of likely N-dealkylation sites (tertiary alicyclic amines) is 1. The standard InChI is InChI=1S/C19H24N2O2/c1-2-18(23)21-10-12(11-22)8-15-14-4-3-5-16-19(14)13(6-7-20-16)9-17(15)21/h3-6,12,15,17,20,22H,2,7-11H2,1H3/t12-,15?,17-/m1/s1. The van der Waals surface area contributed by atoms with Crippen molar-refractivity contribution in [2.24, 2.45) is 5.92 Å². The monoisotopic (exact) mass is 312 g/mol. The van der Waals surface area contributed by atoms with Crippen LogP contribution in [0.4, 0.5) is 5.69 Å². The molecule has 1 aromatic rings.